The highest BCUT2D eigenvalue weighted by molar-refractivity contribution is 6.30. The molecule has 0 fully saturated rings. The standard InChI is InChI=1S/C11H11ClN2O2/c1-7-3-10(11(15)4-12)8(2)14(7)9-5-13-16-6-9/h3,5-6H,4H2,1-2H3. The molecular weight excluding hydrogens is 228 g/mol. The molecule has 0 spiro atoms. The number of ketones is 1. The number of carbonyl (C=O) groups is 1. The van der Waals surface area contributed by atoms with Crippen LogP contribution in [-0.4, -0.2) is 21.4 Å². The van der Waals surface area contributed by atoms with Crippen LogP contribution in [0.3, 0.4) is 0 Å². The molecule has 0 radical (unpaired) electrons. The molecule has 0 aliphatic rings. The van der Waals surface area contributed by atoms with Gasteiger partial charge in [-0.1, -0.05) is 5.16 Å². The van der Waals surface area contributed by atoms with E-state index in [9.17, 15) is 4.79 Å². The van der Waals surface area contributed by atoms with Crippen molar-refractivity contribution in [3.8, 4) is 5.69 Å². The zero-order valence-electron chi connectivity index (χ0n) is 9.03. The van der Waals surface area contributed by atoms with Crippen LogP contribution in [0.4, 0.5) is 0 Å². The minimum Gasteiger partial charge on any atom is -0.362 e. The highest BCUT2D eigenvalue weighted by Crippen LogP contribution is 2.21. The van der Waals surface area contributed by atoms with Crippen molar-refractivity contribution in [2.75, 3.05) is 5.88 Å². The number of hydrogen-bond donors (Lipinski definition) is 0. The van der Waals surface area contributed by atoms with E-state index in [0.29, 0.717) is 5.56 Å². The zero-order valence-corrected chi connectivity index (χ0v) is 9.78. The molecule has 84 valence electrons. The highest BCUT2D eigenvalue weighted by Gasteiger charge is 2.16. The molecule has 2 rings (SSSR count). The van der Waals surface area contributed by atoms with Crippen LogP contribution in [0.5, 0.6) is 0 Å². The molecule has 0 bridgehead atoms. The average molecular weight is 239 g/mol. The van der Waals surface area contributed by atoms with Crippen molar-refractivity contribution in [2.45, 2.75) is 13.8 Å². The molecule has 0 aliphatic carbocycles. The maximum atomic E-state index is 11.6. The summed E-state index contributed by atoms with van der Waals surface area (Å²) < 4.78 is 6.71. The number of Topliss-reactive ketones (excluding diaryl/α,β-unsaturated/α-hetero) is 1. The Morgan fingerprint density at radius 3 is 2.88 bits per heavy atom. The van der Waals surface area contributed by atoms with E-state index in [2.05, 4.69) is 5.16 Å². The van der Waals surface area contributed by atoms with E-state index in [1.807, 2.05) is 24.5 Å². The molecule has 0 amide bonds. The number of nitrogens with zero attached hydrogens (tertiary/aromatic N) is 2. The predicted octanol–water partition coefficient (Wildman–Crippen LogP) is 2.50. The second-order valence-corrected chi connectivity index (χ2v) is 3.83. The van der Waals surface area contributed by atoms with Gasteiger partial charge in [0.2, 0.25) is 0 Å². The molecule has 0 N–H and O–H groups in total. The lowest BCUT2D eigenvalue weighted by Gasteiger charge is -2.04. The van der Waals surface area contributed by atoms with Gasteiger partial charge in [-0.2, -0.15) is 0 Å². The third kappa shape index (κ3) is 1.65. The van der Waals surface area contributed by atoms with E-state index in [-0.39, 0.29) is 11.7 Å². The summed E-state index contributed by atoms with van der Waals surface area (Å²) in [5.41, 5.74) is 3.26. The smallest absolute Gasteiger partial charge is 0.179 e. The Bertz CT molecular complexity index is 514. The van der Waals surface area contributed by atoms with Crippen molar-refractivity contribution >= 4 is 17.4 Å². The van der Waals surface area contributed by atoms with Crippen molar-refractivity contribution in [1.29, 1.82) is 0 Å². The first-order valence-corrected chi connectivity index (χ1v) is 5.36. The Hall–Kier alpha value is -1.55. The topological polar surface area (TPSA) is 48.0 Å². The maximum Gasteiger partial charge on any atom is 0.179 e. The fraction of sp³-hybridized carbons (Fsp3) is 0.273. The summed E-state index contributed by atoms with van der Waals surface area (Å²) in [6, 6.07) is 1.83. The Morgan fingerprint density at radius 2 is 2.31 bits per heavy atom. The molecule has 0 saturated heterocycles. The van der Waals surface area contributed by atoms with Crippen LogP contribution in [0.2, 0.25) is 0 Å². The second kappa shape index (κ2) is 4.14. The van der Waals surface area contributed by atoms with Crippen LogP contribution in [0, 0.1) is 13.8 Å². The predicted molar refractivity (Wildman–Crippen MR) is 60.4 cm³/mol. The molecule has 0 atom stereocenters. The van der Waals surface area contributed by atoms with Gasteiger partial charge in [-0.25, -0.2) is 0 Å². The number of rotatable bonds is 3. The lowest BCUT2D eigenvalue weighted by molar-refractivity contribution is 0.102. The third-order valence-corrected chi connectivity index (χ3v) is 2.77. The second-order valence-electron chi connectivity index (χ2n) is 3.56. The molecule has 0 aliphatic heterocycles. The van der Waals surface area contributed by atoms with Crippen LogP contribution >= 0.6 is 11.6 Å². The van der Waals surface area contributed by atoms with E-state index in [1.54, 1.807) is 6.20 Å². The number of aryl methyl sites for hydroxylation is 1. The van der Waals surface area contributed by atoms with Gasteiger partial charge in [-0.15, -0.1) is 11.6 Å². The van der Waals surface area contributed by atoms with Gasteiger partial charge in [-0.05, 0) is 19.9 Å². The molecular formula is C11H11ClN2O2. The van der Waals surface area contributed by atoms with Crippen LogP contribution in [0.25, 0.3) is 5.69 Å². The van der Waals surface area contributed by atoms with Crippen molar-refractivity contribution in [1.82, 2.24) is 9.72 Å². The summed E-state index contributed by atoms with van der Waals surface area (Å²) in [6.07, 6.45) is 3.14. The number of aromatic nitrogens is 2. The summed E-state index contributed by atoms with van der Waals surface area (Å²) in [5.74, 6) is -0.0778. The molecule has 0 saturated carbocycles. The Balaban J connectivity index is 2.56. The summed E-state index contributed by atoms with van der Waals surface area (Å²) in [5, 5.41) is 3.65. The largest absolute Gasteiger partial charge is 0.362 e. The number of carbonyl (C=O) groups excluding carboxylic acids is 1. The first-order valence-electron chi connectivity index (χ1n) is 4.83. The highest BCUT2D eigenvalue weighted by atomic mass is 35.5. The summed E-state index contributed by atoms with van der Waals surface area (Å²) in [4.78, 5) is 11.6. The summed E-state index contributed by atoms with van der Waals surface area (Å²) >= 11 is 5.56. The average Bonchev–Trinajstić information content (AvgIpc) is 2.86. The van der Waals surface area contributed by atoms with Crippen LogP contribution in [0.1, 0.15) is 21.7 Å². The van der Waals surface area contributed by atoms with Crippen molar-refractivity contribution in [2.24, 2.45) is 0 Å². The monoisotopic (exact) mass is 238 g/mol. The van der Waals surface area contributed by atoms with Gasteiger partial charge in [0.15, 0.2) is 5.78 Å². The van der Waals surface area contributed by atoms with E-state index in [1.165, 1.54) is 6.26 Å². The molecule has 2 aromatic heterocycles. The van der Waals surface area contributed by atoms with Gasteiger partial charge in [0, 0.05) is 17.0 Å². The Morgan fingerprint density at radius 1 is 1.56 bits per heavy atom. The number of alkyl halides is 1. The van der Waals surface area contributed by atoms with Crippen molar-refractivity contribution < 1.29 is 9.32 Å². The minimum atomic E-state index is -0.0718. The molecule has 0 unspecified atom stereocenters. The fourth-order valence-electron chi connectivity index (χ4n) is 1.82. The van der Waals surface area contributed by atoms with Crippen molar-refractivity contribution in [3.63, 3.8) is 0 Å². The quantitative estimate of drug-likeness (QED) is 0.610. The van der Waals surface area contributed by atoms with Crippen LogP contribution in [-0.2, 0) is 0 Å². The maximum absolute atomic E-state index is 11.6. The molecule has 2 aromatic rings. The molecule has 5 heteroatoms. The molecule has 0 aromatic carbocycles. The van der Waals surface area contributed by atoms with Gasteiger partial charge in [-0.3, -0.25) is 4.79 Å². The molecule has 4 nitrogen and oxygen atoms in total. The normalized spacial score (nSPS) is 10.7. The zero-order chi connectivity index (χ0) is 11.7. The van der Waals surface area contributed by atoms with Gasteiger partial charge < -0.3 is 9.09 Å². The summed E-state index contributed by atoms with van der Waals surface area (Å²) in [7, 11) is 0. The lowest BCUT2D eigenvalue weighted by atomic mass is 10.2. The van der Waals surface area contributed by atoms with Crippen LogP contribution in [0.15, 0.2) is 23.0 Å². The first-order chi connectivity index (χ1) is 7.65. The number of hydrogen-bond acceptors (Lipinski definition) is 3. The van der Waals surface area contributed by atoms with E-state index in [4.69, 9.17) is 16.1 Å². The molecule has 2 heterocycles. The fourth-order valence-corrected chi connectivity index (χ4v) is 1.97. The number of halogens is 1. The summed E-state index contributed by atoms with van der Waals surface area (Å²) in [6.45, 7) is 3.80. The molecule has 16 heavy (non-hydrogen) atoms. The van der Waals surface area contributed by atoms with Gasteiger partial charge in [0.05, 0.1) is 12.1 Å². The Labute approximate surface area is 97.8 Å². The van der Waals surface area contributed by atoms with E-state index < -0.39 is 0 Å². The van der Waals surface area contributed by atoms with E-state index >= 15 is 0 Å². The minimum absolute atomic E-state index is 0.00602. The van der Waals surface area contributed by atoms with Crippen molar-refractivity contribution in [3.05, 3.63) is 35.5 Å². The first kappa shape index (κ1) is 11.0. The van der Waals surface area contributed by atoms with Crippen LogP contribution < -0.4 is 0 Å². The SMILES string of the molecule is Cc1cc(C(=O)CCl)c(C)n1-c1cnoc1. The lowest BCUT2D eigenvalue weighted by Crippen LogP contribution is -2.03. The van der Waals surface area contributed by atoms with E-state index in [0.717, 1.165) is 17.1 Å². The van der Waals surface area contributed by atoms with Gasteiger partial charge >= 0.3 is 0 Å². The van der Waals surface area contributed by atoms with Gasteiger partial charge in [0.1, 0.15) is 12.0 Å². The Kier molecular flexibility index (Phi) is 2.83. The van der Waals surface area contributed by atoms with Gasteiger partial charge in [0.25, 0.3) is 0 Å². The third-order valence-electron chi connectivity index (χ3n) is 2.53.